The van der Waals surface area contributed by atoms with Crippen molar-refractivity contribution in [3.8, 4) is 11.5 Å². The molecule has 2 aromatic carbocycles. The number of ether oxygens (including phenoxy) is 2. The largest absolute Gasteiger partial charge is 0.497 e. The van der Waals surface area contributed by atoms with Gasteiger partial charge in [0.15, 0.2) is 0 Å². The minimum Gasteiger partial charge on any atom is -0.497 e. The molecule has 0 saturated heterocycles. The summed E-state index contributed by atoms with van der Waals surface area (Å²) in [4.78, 5) is 25.0. The van der Waals surface area contributed by atoms with E-state index in [-0.39, 0.29) is 36.7 Å². The van der Waals surface area contributed by atoms with Gasteiger partial charge in [-0.05, 0) is 42.3 Å². The monoisotopic (exact) mass is 405 g/mol. The number of rotatable bonds is 6. The summed E-state index contributed by atoms with van der Waals surface area (Å²) in [6, 6.07) is 12.4. The van der Waals surface area contributed by atoms with Gasteiger partial charge >= 0.3 is 0 Å². The summed E-state index contributed by atoms with van der Waals surface area (Å²) < 4.78 is 11.0. The minimum atomic E-state index is -0.357. The fraction of sp³-hybridized carbons (Fsp3) is 0.300. The lowest BCUT2D eigenvalue weighted by molar-refractivity contribution is -0.121. The van der Waals surface area contributed by atoms with Gasteiger partial charge < -0.3 is 25.8 Å². The van der Waals surface area contributed by atoms with E-state index in [4.69, 9.17) is 15.2 Å². The van der Waals surface area contributed by atoms with Crippen molar-refractivity contribution in [1.82, 2.24) is 5.32 Å². The van der Waals surface area contributed by atoms with Crippen LogP contribution < -0.4 is 25.8 Å². The van der Waals surface area contributed by atoms with E-state index >= 15 is 0 Å². The normalized spacial score (nSPS) is 14.7. The molecular formula is C20H24ClN3O4. The van der Waals surface area contributed by atoms with E-state index in [0.717, 1.165) is 17.1 Å². The molecule has 150 valence electrons. The second kappa shape index (κ2) is 9.96. The van der Waals surface area contributed by atoms with Gasteiger partial charge in [-0.15, -0.1) is 12.4 Å². The van der Waals surface area contributed by atoms with Crippen molar-refractivity contribution in [2.24, 2.45) is 11.7 Å². The Morgan fingerprint density at radius 1 is 1.25 bits per heavy atom. The molecule has 0 aliphatic carbocycles. The zero-order valence-electron chi connectivity index (χ0n) is 15.6. The lowest BCUT2D eigenvalue weighted by atomic mass is 9.95. The number of halogens is 1. The third-order valence-electron chi connectivity index (χ3n) is 4.40. The maximum absolute atomic E-state index is 12.7. The molecule has 1 aliphatic heterocycles. The van der Waals surface area contributed by atoms with Crippen molar-refractivity contribution in [2.45, 2.75) is 6.42 Å². The third kappa shape index (κ3) is 4.94. The van der Waals surface area contributed by atoms with Crippen LogP contribution in [-0.4, -0.2) is 38.6 Å². The predicted octanol–water partition coefficient (Wildman–Crippen LogP) is 2.00. The summed E-state index contributed by atoms with van der Waals surface area (Å²) in [6.07, 6.45) is 0.542. The van der Waals surface area contributed by atoms with Gasteiger partial charge in [-0.1, -0.05) is 12.1 Å². The molecule has 3 rings (SSSR count). The molecule has 0 spiro atoms. The van der Waals surface area contributed by atoms with Crippen LogP contribution in [0, 0.1) is 5.92 Å². The molecule has 1 aliphatic rings. The molecule has 0 radical (unpaired) electrons. The first kappa shape index (κ1) is 21.5. The lowest BCUT2D eigenvalue weighted by Gasteiger charge is -2.25. The Morgan fingerprint density at radius 3 is 2.79 bits per heavy atom. The average molecular weight is 406 g/mol. The molecule has 7 nitrogen and oxygen atoms in total. The molecule has 0 aromatic heterocycles. The number of amides is 2. The van der Waals surface area contributed by atoms with Crippen molar-refractivity contribution < 1.29 is 19.1 Å². The highest BCUT2D eigenvalue weighted by molar-refractivity contribution is 6.04. The molecular weight excluding hydrogens is 382 g/mol. The van der Waals surface area contributed by atoms with E-state index in [1.807, 2.05) is 18.2 Å². The zero-order valence-corrected chi connectivity index (χ0v) is 16.4. The quantitative estimate of drug-likeness (QED) is 0.682. The number of hydrogen-bond donors (Lipinski definition) is 3. The van der Waals surface area contributed by atoms with E-state index in [9.17, 15) is 9.59 Å². The van der Waals surface area contributed by atoms with E-state index in [2.05, 4.69) is 10.6 Å². The first-order chi connectivity index (χ1) is 13.1. The molecule has 2 aromatic rings. The van der Waals surface area contributed by atoms with Crippen molar-refractivity contribution in [3.05, 3.63) is 53.6 Å². The highest BCUT2D eigenvalue weighted by atomic mass is 35.5. The molecule has 0 fully saturated rings. The van der Waals surface area contributed by atoms with E-state index in [0.29, 0.717) is 30.8 Å². The molecule has 1 heterocycles. The topological polar surface area (TPSA) is 103 Å². The van der Waals surface area contributed by atoms with Crippen LogP contribution in [-0.2, 0) is 11.2 Å². The number of anilines is 1. The van der Waals surface area contributed by atoms with Gasteiger partial charge in [0, 0.05) is 13.1 Å². The molecule has 1 atom stereocenters. The van der Waals surface area contributed by atoms with Crippen LogP contribution in [0.25, 0.3) is 0 Å². The number of hydrogen-bond acceptors (Lipinski definition) is 5. The van der Waals surface area contributed by atoms with Crippen molar-refractivity contribution in [1.29, 1.82) is 0 Å². The average Bonchev–Trinajstić information content (AvgIpc) is 2.71. The van der Waals surface area contributed by atoms with Gasteiger partial charge in [-0.3, -0.25) is 9.59 Å². The van der Waals surface area contributed by atoms with Crippen LogP contribution in [0.3, 0.4) is 0 Å². The molecule has 8 heteroatoms. The number of carbonyl (C=O) groups is 2. The van der Waals surface area contributed by atoms with Crippen LogP contribution in [0.4, 0.5) is 5.69 Å². The first-order valence-corrected chi connectivity index (χ1v) is 8.80. The number of benzene rings is 2. The molecule has 28 heavy (non-hydrogen) atoms. The summed E-state index contributed by atoms with van der Waals surface area (Å²) in [5, 5.41) is 5.57. The number of methoxy groups -OCH3 is 1. The Balaban J connectivity index is 0.00000280. The maximum Gasteiger partial charge on any atom is 0.253 e. The van der Waals surface area contributed by atoms with Gasteiger partial charge in [0.2, 0.25) is 5.91 Å². The summed E-state index contributed by atoms with van der Waals surface area (Å²) in [5.74, 6) is 0.667. The zero-order chi connectivity index (χ0) is 19.2. The van der Waals surface area contributed by atoms with E-state index < -0.39 is 0 Å². The van der Waals surface area contributed by atoms with Crippen LogP contribution >= 0.6 is 12.4 Å². The Labute approximate surface area is 170 Å². The highest BCUT2D eigenvalue weighted by Crippen LogP contribution is 2.31. The molecule has 0 bridgehead atoms. The van der Waals surface area contributed by atoms with Crippen LogP contribution in [0.15, 0.2) is 42.5 Å². The van der Waals surface area contributed by atoms with E-state index in [1.165, 1.54) is 0 Å². The standard InChI is InChI=1S/C20H23N3O4.ClH/c1-26-15-6-7-18-13(11-15)10-14(12-27-18)19(24)23-17-5-3-2-4-16(17)20(25)22-9-8-21;/h2-7,11,14H,8-10,12,21H2,1H3,(H,22,25)(H,23,24);1H. The highest BCUT2D eigenvalue weighted by Gasteiger charge is 2.27. The number of fused-ring (bicyclic) bond motifs is 1. The summed E-state index contributed by atoms with van der Waals surface area (Å²) in [6.45, 7) is 1.01. The van der Waals surface area contributed by atoms with Crippen LogP contribution in [0.2, 0.25) is 0 Å². The fourth-order valence-corrected chi connectivity index (χ4v) is 2.97. The number of nitrogens with one attached hydrogen (secondary N) is 2. The second-order valence-electron chi connectivity index (χ2n) is 6.27. The third-order valence-corrected chi connectivity index (χ3v) is 4.40. The number of para-hydroxylation sites is 1. The van der Waals surface area contributed by atoms with Gasteiger partial charge in [0.25, 0.3) is 5.91 Å². The smallest absolute Gasteiger partial charge is 0.253 e. The molecule has 1 unspecified atom stereocenters. The Morgan fingerprint density at radius 2 is 2.04 bits per heavy atom. The van der Waals surface area contributed by atoms with Crippen LogP contribution in [0.5, 0.6) is 11.5 Å². The summed E-state index contributed by atoms with van der Waals surface area (Å²) >= 11 is 0. The van der Waals surface area contributed by atoms with Gasteiger partial charge in [-0.2, -0.15) is 0 Å². The minimum absolute atomic E-state index is 0. The van der Waals surface area contributed by atoms with Gasteiger partial charge in [0.05, 0.1) is 24.3 Å². The van der Waals surface area contributed by atoms with Gasteiger partial charge in [-0.25, -0.2) is 0 Å². The molecule has 2 amide bonds. The summed E-state index contributed by atoms with van der Waals surface area (Å²) in [5.41, 5.74) is 7.22. The van der Waals surface area contributed by atoms with Crippen molar-refractivity contribution in [3.63, 3.8) is 0 Å². The predicted molar refractivity (Wildman–Crippen MR) is 109 cm³/mol. The number of carbonyl (C=O) groups excluding carboxylic acids is 2. The molecule has 0 saturated carbocycles. The van der Waals surface area contributed by atoms with Gasteiger partial charge in [0.1, 0.15) is 18.1 Å². The SMILES string of the molecule is COc1ccc2c(c1)CC(C(=O)Nc1ccccc1C(=O)NCCN)CO2.Cl. The van der Waals surface area contributed by atoms with Crippen molar-refractivity contribution >= 4 is 29.9 Å². The van der Waals surface area contributed by atoms with Crippen molar-refractivity contribution in [2.75, 3.05) is 32.1 Å². The van der Waals surface area contributed by atoms with Crippen LogP contribution in [0.1, 0.15) is 15.9 Å². The Hall–Kier alpha value is -2.77. The maximum atomic E-state index is 12.7. The Bertz CT molecular complexity index is 844. The summed E-state index contributed by atoms with van der Waals surface area (Å²) in [7, 11) is 1.60. The Kier molecular flexibility index (Phi) is 7.66. The number of nitrogens with two attached hydrogens (primary N) is 1. The van der Waals surface area contributed by atoms with E-state index in [1.54, 1.807) is 31.4 Å². The lowest BCUT2D eigenvalue weighted by Crippen LogP contribution is -2.34. The molecule has 4 N–H and O–H groups in total. The second-order valence-corrected chi connectivity index (χ2v) is 6.27. The fourth-order valence-electron chi connectivity index (χ4n) is 2.97. The first-order valence-electron chi connectivity index (χ1n) is 8.80.